The first-order valence-corrected chi connectivity index (χ1v) is 8.08. The van der Waals surface area contributed by atoms with Gasteiger partial charge in [0.25, 0.3) is 0 Å². The highest BCUT2D eigenvalue weighted by Gasteiger charge is 2.46. The summed E-state index contributed by atoms with van der Waals surface area (Å²) in [5.41, 5.74) is 7.42. The predicted molar refractivity (Wildman–Crippen MR) is 91.1 cm³/mol. The number of aryl methyl sites for hydroxylation is 2. The molecule has 0 aromatic heterocycles. The number of benzene rings is 2. The van der Waals surface area contributed by atoms with Crippen molar-refractivity contribution in [3.05, 3.63) is 53.1 Å². The molecule has 2 atom stereocenters. The number of carbonyl (C=O) groups is 1. The Morgan fingerprint density at radius 2 is 2.04 bits per heavy atom. The van der Waals surface area contributed by atoms with Crippen LogP contribution in [0.25, 0.3) is 0 Å². The maximum Gasteiger partial charge on any atom is 0.250 e. The van der Waals surface area contributed by atoms with Crippen molar-refractivity contribution in [2.75, 3.05) is 12.1 Å². The molecular formula is C19H20N2O3. The molecule has 124 valence electrons. The highest BCUT2D eigenvalue weighted by Crippen LogP contribution is 2.40. The second kappa shape index (κ2) is 5.53. The summed E-state index contributed by atoms with van der Waals surface area (Å²) < 4.78 is 11.4. The Bertz CT molecular complexity index is 818. The van der Waals surface area contributed by atoms with Crippen molar-refractivity contribution in [2.45, 2.75) is 26.5 Å². The van der Waals surface area contributed by atoms with Gasteiger partial charge in [0.1, 0.15) is 0 Å². The van der Waals surface area contributed by atoms with Gasteiger partial charge in [-0.15, -0.1) is 0 Å². The Kier molecular flexibility index (Phi) is 3.46. The van der Waals surface area contributed by atoms with E-state index < -0.39 is 0 Å². The van der Waals surface area contributed by atoms with Gasteiger partial charge in [-0.05, 0) is 55.2 Å². The minimum absolute atomic E-state index is 0.0386. The minimum atomic E-state index is -0.372. The third-order valence-electron chi connectivity index (χ3n) is 4.87. The lowest BCUT2D eigenvalue weighted by Crippen LogP contribution is -2.41. The van der Waals surface area contributed by atoms with Crippen molar-refractivity contribution < 1.29 is 14.3 Å². The van der Waals surface area contributed by atoms with Gasteiger partial charge < -0.3 is 9.47 Å². The first kappa shape index (κ1) is 15.0. The molecule has 5 heteroatoms. The van der Waals surface area contributed by atoms with E-state index in [1.807, 2.05) is 43.3 Å². The van der Waals surface area contributed by atoms with Crippen LogP contribution in [-0.4, -0.2) is 19.2 Å². The Labute approximate surface area is 141 Å². The van der Waals surface area contributed by atoms with Crippen LogP contribution in [0.15, 0.2) is 36.4 Å². The molecule has 2 aromatic rings. The van der Waals surface area contributed by atoms with Crippen molar-refractivity contribution in [3.63, 3.8) is 0 Å². The molecule has 1 N–H and O–H groups in total. The highest BCUT2D eigenvalue weighted by molar-refractivity contribution is 5.97. The minimum Gasteiger partial charge on any atom is -0.493 e. The van der Waals surface area contributed by atoms with E-state index >= 15 is 0 Å². The van der Waals surface area contributed by atoms with Gasteiger partial charge in [-0.2, -0.15) is 5.43 Å². The Morgan fingerprint density at radius 3 is 2.79 bits per heavy atom. The molecular weight excluding hydrogens is 304 g/mol. The second-order valence-electron chi connectivity index (χ2n) is 6.37. The molecule has 2 aliphatic heterocycles. The van der Waals surface area contributed by atoms with Gasteiger partial charge in [0, 0.05) is 0 Å². The first-order valence-electron chi connectivity index (χ1n) is 8.08. The van der Waals surface area contributed by atoms with Gasteiger partial charge in [0.05, 0.1) is 18.7 Å². The third kappa shape index (κ3) is 2.24. The molecule has 0 saturated carbocycles. The average molecular weight is 324 g/mol. The van der Waals surface area contributed by atoms with E-state index in [1.54, 1.807) is 12.1 Å². The van der Waals surface area contributed by atoms with Gasteiger partial charge in [-0.3, -0.25) is 4.79 Å². The fourth-order valence-electron chi connectivity index (χ4n) is 3.33. The smallest absolute Gasteiger partial charge is 0.250 e. The number of para-hydroxylation sites is 1. The average Bonchev–Trinajstić information content (AvgIpc) is 2.91. The number of nitrogens with one attached hydrogen (secondary N) is 1. The van der Waals surface area contributed by atoms with E-state index in [0.717, 1.165) is 22.6 Å². The van der Waals surface area contributed by atoms with E-state index in [0.29, 0.717) is 12.2 Å². The summed E-state index contributed by atoms with van der Waals surface area (Å²) in [5.74, 6) is 1.23. The van der Waals surface area contributed by atoms with E-state index in [-0.39, 0.29) is 18.1 Å². The van der Waals surface area contributed by atoms with E-state index in [9.17, 15) is 4.79 Å². The highest BCUT2D eigenvalue weighted by atomic mass is 16.5. The number of anilines is 1. The summed E-state index contributed by atoms with van der Waals surface area (Å²) in [7, 11) is 1.62. The van der Waals surface area contributed by atoms with Crippen molar-refractivity contribution in [1.29, 1.82) is 0 Å². The topological polar surface area (TPSA) is 50.8 Å². The van der Waals surface area contributed by atoms with Gasteiger partial charge in [-0.25, -0.2) is 5.01 Å². The molecule has 1 fully saturated rings. The monoisotopic (exact) mass is 324 g/mol. The van der Waals surface area contributed by atoms with Crippen LogP contribution >= 0.6 is 0 Å². The number of hydrogen-bond donors (Lipinski definition) is 1. The lowest BCUT2D eigenvalue weighted by molar-refractivity contribution is -0.121. The summed E-state index contributed by atoms with van der Waals surface area (Å²) in [5, 5.41) is 1.61. The Morgan fingerprint density at radius 1 is 1.21 bits per heavy atom. The fourth-order valence-corrected chi connectivity index (χ4v) is 3.33. The molecule has 0 spiro atoms. The van der Waals surface area contributed by atoms with Crippen molar-refractivity contribution >= 4 is 11.6 Å². The first-order chi connectivity index (χ1) is 11.6. The zero-order valence-electron chi connectivity index (χ0n) is 14.0. The molecule has 2 aliphatic rings. The van der Waals surface area contributed by atoms with Crippen molar-refractivity contribution in [3.8, 4) is 11.5 Å². The zero-order chi connectivity index (χ0) is 16.8. The zero-order valence-corrected chi connectivity index (χ0v) is 14.0. The van der Waals surface area contributed by atoms with Crippen molar-refractivity contribution in [2.24, 2.45) is 5.92 Å². The molecule has 0 radical (unpaired) electrons. The maximum absolute atomic E-state index is 12.9. The van der Waals surface area contributed by atoms with Gasteiger partial charge in [-0.1, -0.05) is 18.2 Å². The quantitative estimate of drug-likeness (QED) is 0.923. The molecule has 2 unspecified atom stereocenters. The molecule has 1 amide bonds. The predicted octanol–water partition coefficient (Wildman–Crippen LogP) is 2.74. The largest absolute Gasteiger partial charge is 0.493 e. The standard InChI is InChI=1S/C19H20N2O3/c1-11-7-8-14(9-12(11)2)21-19(22)15-10-13-5-4-6-16(23-3)17(13)24-18(15)20-21/h4-9,15,18,20H,10H2,1-3H3. The van der Waals surface area contributed by atoms with E-state index in [2.05, 4.69) is 12.3 Å². The van der Waals surface area contributed by atoms with Crippen LogP contribution in [0.2, 0.25) is 0 Å². The van der Waals surface area contributed by atoms with Gasteiger partial charge >= 0.3 is 0 Å². The van der Waals surface area contributed by atoms with Gasteiger partial charge in [0.15, 0.2) is 17.7 Å². The molecule has 4 rings (SSSR count). The molecule has 24 heavy (non-hydrogen) atoms. The van der Waals surface area contributed by atoms with E-state index in [4.69, 9.17) is 9.47 Å². The molecule has 2 heterocycles. The van der Waals surface area contributed by atoms with Crippen LogP contribution in [0, 0.1) is 19.8 Å². The number of nitrogens with zero attached hydrogens (tertiary/aromatic N) is 1. The second-order valence-corrected chi connectivity index (χ2v) is 6.37. The maximum atomic E-state index is 12.9. The summed E-state index contributed by atoms with van der Waals surface area (Å²) >= 11 is 0. The van der Waals surface area contributed by atoms with Crippen molar-refractivity contribution in [1.82, 2.24) is 5.43 Å². The summed E-state index contributed by atoms with van der Waals surface area (Å²) in [6, 6.07) is 11.8. The number of methoxy groups -OCH3 is 1. The van der Waals surface area contributed by atoms with Crippen LogP contribution in [0.3, 0.4) is 0 Å². The number of hydrogen-bond acceptors (Lipinski definition) is 4. The number of carbonyl (C=O) groups excluding carboxylic acids is 1. The van der Waals surface area contributed by atoms with E-state index in [1.165, 1.54) is 5.56 Å². The van der Waals surface area contributed by atoms with Gasteiger partial charge in [0.2, 0.25) is 5.91 Å². The normalized spacial score (nSPS) is 22.0. The number of hydrazine groups is 1. The van der Waals surface area contributed by atoms with Crippen LogP contribution in [0.1, 0.15) is 16.7 Å². The number of ether oxygens (including phenoxy) is 2. The molecule has 0 bridgehead atoms. The molecule has 2 aromatic carbocycles. The van der Waals surface area contributed by atoms with Crippen LogP contribution in [0.5, 0.6) is 11.5 Å². The summed E-state index contributed by atoms with van der Waals surface area (Å²) in [4.78, 5) is 12.9. The number of amides is 1. The van der Waals surface area contributed by atoms with Crippen LogP contribution in [0.4, 0.5) is 5.69 Å². The lowest BCUT2D eigenvalue weighted by Gasteiger charge is -2.27. The molecule has 5 nitrogen and oxygen atoms in total. The lowest BCUT2D eigenvalue weighted by atomic mass is 9.94. The summed E-state index contributed by atoms with van der Waals surface area (Å²) in [6.45, 7) is 4.10. The summed E-state index contributed by atoms with van der Waals surface area (Å²) in [6.07, 6.45) is 0.271. The third-order valence-corrected chi connectivity index (χ3v) is 4.87. The number of fused-ring (bicyclic) bond motifs is 2. The SMILES string of the molecule is COc1cccc2c1OC1NN(c3ccc(C)c(C)c3)C(=O)C1C2. The Hall–Kier alpha value is -2.53. The van der Waals surface area contributed by atoms with Crippen LogP contribution < -0.4 is 19.9 Å². The van der Waals surface area contributed by atoms with Crippen LogP contribution in [-0.2, 0) is 11.2 Å². The Balaban J connectivity index is 1.65. The molecule has 1 saturated heterocycles. The molecule has 0 aliphatic carbocycles. The fraction of sp³-hybridized carbons (Fsp3) is 0.316. The number of rotatable bonds is 2.